The zero-order valence-corrected chi connectivity index (χ0v) is 13.7. The molecule has 2 rings (SSSR count). The third-order valence-corrected chi connectivity index (χ3v) is 3.60. The fraction of sp³-hybridized carbons (Fsp3) is 0.368. The van der Waals surface area contributed by atoms with Crippen molar-refractivity contribution in [1.82, 2.24) is 0 Å². The predicted molar refractivity (Wildman–Crippen MR) is 90.4 cm³/mol. The van der Waals surface area contributed by atoms with Gasteiger partial charge in [0, 0.05) is 5.69 Å². The Morgan fingerprint density at radius 1 is 0.905 bits per heavy atom. The van der Waals surface area contributed by atoms with Crippen LogP contribution in [0.25, 0.3) is 0 Å². The zero-order chi connectivity index (χ0) is 15.4. The second-order valence-electron chi connectivity index (χ2n) is 5.90. The minimum Gasteiger partial charge on any atom is -0.489 e. The van der Waals surface area contributed by atoms with Crippen molar-refractivity contribution in [2.24, 2.45) is 0 Å². The summed E-state index contributed by atoms with van der Waals surface area (Å²) in [5, 5.41) is 3.51. The average Bonchev–Trinajstić information content (AvgIpc) is 2.40. The summed E-state index contributed by atoms with van der Waals surface area (Å²) in [4.78, 5) is 0. The Kier molecular flexibility index (Phi) is 4.89. The lowest BCUT2D eigenvalue weighted by molar-refractivity contribution is 0.234. The number of hydrogen-bond donors (Lipinski definition) is 1. The van der Waals surface area contributed by atoms with Crippen LogP contribution < -0.4 is 10.1 Å². The summed E-state index contributed by atoms with van der Waals surface area (Å²) in [5.74, 6) is 0.923. The third-order valence-electron chi connectivity index (χ3n) is 3.60. The van der Waals surface area contributed by atoms with E-state index in [0.29, 0.717) is 0 Å². The van der Waals surface area contributed by atoms with Gasteiger partial charge in [-0.05, 0) is 57.9 Å². The fourth-order valence-corrected chi connectivity index (χ4v) is 2.60. The summed E-state index contributed by atoms with van der Waals surface area (Å²) >= 11 is 0. The van der Waals surface area contributed by atoms with Crippen LogP contribution in [0.1, 0.15) is 29.2 Å². The number of ether oxygens (including phenoxy) is 1. The fourth-order valence-electron chi connectivity index (χ4n) is 2.60. The Labute approximate surface area is 128 Å². The van der Waals surface area contributed by atoms with Gasteiger partial charge in [0.25, 0.3) is 0 Å². The van der Waals surface area contributed by atoms with E-state index in [9.17, 15) is 0 Å². The van der Waals surface area contributed by atoms with Gasteiger partial charge >= 0.3 is 0 Å². The Hall–Kier alpha value is -1.96. The lowest BCUT2D eigenvalue weighted by Gasteiger charge is -2.19. The summed E-state index contributed by atoms with van der Waals surface area (Å²) in [6, 6.07) is 12.6. The first-order valence-electron chi connectivity index (χ1n) is 7.51. The lowest BCUT2D eigenvalue weighted by Crippen LogP contribution is -2.23. The second-order valence-corrected chi connectivity index (χ2v) is 5.90. The molecule has 1 N–H and O–H groups in total. The molecule has 0 heterocycles. The normalized spacial score (nSPS) is 12.0. The van der Waals surface area contributed by atoms with Crippen LogP contribution >= 0.6 is 0 Å². The van der Waals surface area contributed by atoms with Crippen molar-refractivity contribution < 1.29 is 4.74 Å². The van der Waals surface area contributed by atoms with Gasteiger partial charge < -0.3 is 10.1 Å². The molecule has 1 unspecified atom stereocenters. The van der Waals surface area contributed by atoms with E-state index in [1.807, 2.05) is 12.1 Å². The van der Waals surface area contributed by atoms with Gasteiger partial charge in [-0.3, -0.25) is 0 Å². The summed E-state index contributed by atoms with van der Waals surface area (Å²) in [7, 11) is 0. The first-order valence-corrected chi connectivity index (χ1v) is 7.51. The van der Waals surface area contributed by atoms with Crippen molar-refractivity contribution in [3.05, 3.63) is 58.7 Å². The molecule has 2 heteroatoms. The standard InChI is InChI=1S/C19H25NO/c1-13-6-8-18(9-7-13)21-17(5)12-20-19-15(3)10-14(2)11-16(19)4/h6-11,17,20H,12H2,1-5H3. The van der Waals surface area contributed by atoms with Crippen molar-refractivity contribution in [3.63, 3.8) is 0 Å². The van der Waals surface area contributed by atoms with Crippen LogP contribution in [0.4, 0.5) is 5.69 Å². The molecule has 0 amide bonds. The molecule has 2 aromatic rings. The molecule has 0 fully saturated rings. The summed E-state index contributed by atoms with van der Waals surface area (Å²) in [6.07, 6.45) is 0.118. The predicted octanol–water partition coefficient (Wildman–Crippen LogP) is 4.80. The van der Waals surface area contributed by atoms with Crippen LogP contribution in [-0.4, -0.2) is 12.6 Å². The van der Waals surface area contributed by atoms with Crippen LogP contribution in [-0.2, 0) is 0 Å². The van der Waals surface area contributed by atoms with Gasteiger partial charge in [0.2, 0.25) is 0 Å². The third kappa shape index (κ3) is 4.25. The van der Waals surface area contributed by atoms with Crippen molar-refractivity contribution >= 4 is 5.69 Å². The van der Waals surface area contributed by atoms with Gasteiger partial charge in [-0.1, -0.05) is 35.4 Å². The second kappa shape index (κ2) is 6.66. The van der Waals surface area contributed by atoms with E-state index in [4.69, 9.17) is 4.74 Å². The van der Waals surface area contributed by atoms with Gasteiger partial charge in [-0.2, -0.15) is 0 Å². The molecular weight excluding hydrogens is 258 g/mol. The Morgan fingerprint density at radius 2 is 1.48 bits per heavy atom. The summed E-state index contributed by atoms with van der Waals surface area (Å²) in [6.45, 7) is 11.4. The zero-order valence-electron chi connectivity index (χ0n) is 13.7. The van der Waals surface area contributed by atoms with E-state index in [1.54, 1.807) is 0 Å². The average molecular weight is 283 g/mol. The molecule has 0 radical (unpaired) electrons. The molecule has 0 aromatic heterocycles. The van der Waals surface area contributed by atoms with E-state index >= 15 is 0 Å². The van der Waals surface area contributed by atoms with E-state index in [0.717, 1.165) is 12.3 Å². The number of benzene rings is 2. The van der Waals surface area contributed by atoms with Crippen molar-refractivity contribution in [2.45, 2.75) is 40.7 Å². The number of hydrogen-bond acceptors (Lipinski definition) is 2. The minimum absolute atomic E-state index is 0.118. The molecule has 0 bridgehead atoms. The highest BCUT2D eigenvalue weighted by Gasteiger charge is 2.07. The van der Waals surface area contributed by atoms with Crippen LogP contribution in [0.15, 0.2) is 36.4 Å². The number of anilines is 1. The van der Waals surface area contributed by atoms with Crippen molar-refractivity contribution in [1.29, 1.82) is 0 Å². The maximum absolute atomic E-state index is 5.93. The Morgan fingerprint density at radius 3 is 2.05 bits per heavy atom. The SMILES string of the molecule is Cc1ccc(OC(C)CNc2c(C)cc(C)cc2C)cc1. The molecule has 2 aromatic carbocycles. The van der Waals surface area contributed by atoms with Crippen molar-refractivity contribution in [2.75, 3.05) is 11.9 Å². The minimum atomic E-state index is 0.118. The maximum Gasteiger partial charge on any atom is 0.119 e. The van der Waals surface area contributed by atoms with Crippen molar-refractivity contribution in [3.8, 4) is 5.75 Å². The number of nitrogens with one attached hydrogen (secondary N) is 1. The van der Waals surface area contributed by atoms with Gasteiger partial charge in [-0.25, -0.2) is 0 Å². The molecule has 0 spiro atoms. The first-order chi connectivity index (χ1) is 9.95. The quantitative estimate of drug-likeness (QED) is 0.851. The number of rotatable bonds is 5. The van der Waals surface area contributed by atoms with Gasteiger partial charge in [0.15, 0.2) is 0 Å². The molecule has 0 aliphatic heterocycles. The highest BCUT2D eigenvalue weighted by atomic mass is 16.5. The van der Waals surface area contributed by atoms with Gasteiger partial charge in [-0.15, -0.1) is 0 Å². The lowest BCUT2D eigenvalue weighted by atomic mass is 10.1. The van der Waals surface area contributed by atoms with E-state index < -0.39 is 0 Å². The van der Waals surface area contributed by atoms with Gasteiger partial charge in [0.1, 0.15) is 11.9 Å². The largest absolute Gasteiger partial charge is 0.489 e. The Bertz CT molecular complexity index is 578. The van der Waals surface area contributed by atoms with Crippen LogP contribution in [0.5, 0.6) is 5.75 Å². The van der Waals surface area contributed by atoms with E-state index in [2.05, 4.69) is 64.2 Å². The molecule has 0 saturated heterocycles. The smallest absolute Gasteiger partial charge is 0.119 e. The van der Waals surface area contributed by atoms with Crippen LogP contribution in [0.2, 0.25) is 0 Å². The monoisotopic (exact) mass is 283 g/mol. The molecular formula is C19H25NO. The number of aryl methyl sites for hydroxylation is 4. The topological polar surface area (TPSA) is 21.3 Å². The summed E-state index contributed by atoms with van der Waals surface area (Å²) in [5.41, 5.74) is 6.35. The molecule has 21 heavy (non-hydrogen) atoms. The highest BCUT2D eigenvalue weighted by molar-refractivity contribution is 5.58. The maximum atomic E-state index is 5.93. The molecule has 112 valence electrons. The highest BCUT2D eigenvalue weighted by Crippen LogP contribution is 2.22. The summed E-state index contributed by atoms with van der Waals surface area (Å²) < 4.78 is 5.93. The molecule has 0 aliphatic rings. The molecule has 2 nitrogen and oxygen atoms in total. The van der Waals surface area contributed by atoms with Crippen LogP contribution in [0, 0.1) is 27.7 Å². The molecule has 1 atom stereocenters. The molecule has 0 saturated carbocycles. The molecule has 0 aliphatic carbocycles. The van der Waals surface area contributed by atoms with E-state index in [1.165, 1.54) is 27.9 Å². The Balaban J connectivity index is 1.95. The first kappa shape index (κ1) is 15.4. The van der Waals surface area contributed by atoms with E-state index in [-0.39, 0.29) is 6.10 Å². The van der Waals surface area contributed by atoms with Crippen LogP contribution in [0.3, 0.4) is 0 Å². The van der Waals surface area contributed by atoms with Gasteiger partial charge in [0.05, 0.1) is 6.54 Å².